The lowest BCUT2D eigenvalue weighted by Crippen LogP contribution is -2.44. The van der Waals surface area contributed by atoms with E-state index in [1.807, 2.05) is 4.72 Å². The van der Waals surface area contributed by atoms with Crippen LogP contribution in [-0.4, -0.2) is 32.2 Å². The maximum Gasteiger partial charge on any atom is 0.421 e. The highest BCUT2D eigenvalue weighted by atomic mass is 32.2. The molecule has 1 atom stereocenters. The average Bonchev–Trinajstić information content (AvgIpc) is 2.36. The van der Waals surface area contributed by atoms with Gasteiger partial charge in [0, 0.05) is 0 Å². The summed E-state index contributed by atoms with van der Waals surface area (Å²) in [5.74, 6) is -1.40. The van der Waals surface area contributed by atoms with Crippen LogP contribution >= 0.6 is 0 Å². The van der Waals surface area contributed by atoms with Gasteiger partial charge in [-0.2, -0.15) is 13.1 Å². The minimum absolute atomic E-state index is 0.0115. The van der Waals surface area contributed by atoms with Crippen LogP contribution in [0.5, 0.6) is 0 Å². The molecule has 110 valence electrons. The molecule has 0 unspecified atom stereocenters. The maximum absolute atomic E-state index is 11.6. The predicted molar refractivity (Wildman–Crippen MR) is 69.0 cm³/mol. The van der Waals surface area contributed by atoms with Crippen LogP contribution in [0.4, 0.5) is 4.79 Å². The van der Waals surface area contributed by atoms with Gasteiger partial charge in [0.05, 0.1) is 6.61 Å². The Morgan fingerprint density at radius 1 is 1.30 bits per heavy atom. The van der Waals surface area contributed by atoms with Crippen LogP contribution in [0.25, 0.3) is 0 Å². The third-order valence-electron chi connectivity index (χ3n) is 2.15. The van der Waals surface area contributed by atoms with Gasteiger partial charge in [0.25, 0.3) is 0 Å². The van der Waals surface area contributed by atoms with Crippen molar-refractivity contribution in [2.24, 2.45) is 0 Å². The lowest BCUT2D eigenvalue weighted by atomic mass is 10.1. The zero-order valence-electron chi connectivity index (χ0n) is 10.6. The molecule has 0 bridgehead atoms. The Morgan fingerprint density at radius 3 is 2.40 bits per heavy atom. The van der Waals surface area contributed by atoms with E-state index in [1.165, 1.54) is 19.1 Å². The van der Waals surface area contributed by atoms with E-state index in [0.29, 0.717) is 0 Å². The summed E-state index contributed by atoms with van der Waals surface area (Å²) in [6.45, 7) is 1.49. The average molecular weight is 302 g/mol. The number of carboxylic acids is 1. The predicted octanol–water partition coefficient (Wildman–Crippen LogP) is 0.393. The highest BCUT2D eigenvalue weighted by Crippen LogP contribution is 2.13. The zero-order valence-corrected chi connectivity index (χ0v) is 11.4. The van der Waals surface area contributed by atoms with Gasteiger partial charge in [0.1, 0.15) is 6.04 Å². The second-order valence-corrected chi connectivity index (χ2v) is 5.07. The summed E-state index contributed by atoms with van der Waals surface area (Å²) in [6.07, 6.45) is -1.18. The minimum atomic E-state index is -4.35. The van der Waals surface area contributed by atoms with Crippen LogP contribution in [0.3, 0.4) is 0 Å². The molecule has 8 nitrogen and oxygen atoms in total. The highest BCUT2D eigenvalue weighted by Gasteiger charge is 2.26. The Kier molecular flexibility index (Phi) is 5.47. The number of aliphatic carboxylic acids is 1. The summed E-state index contributed by atoms with van der Waals surface area (Å²) in [4.78, 5) is 22.2. The van der Waals surface area contributed by atoms with E-state index in [-0.39, 0.29) is 12.2 Å². The van der Waals surface area contributed by atoms with Crippen molar-refractivity contribution < 1.29 is 27.9 Å². The number of carbonyl (C=O) groups excluding carboxylic acids is 1. The van der Waals surface area contributed by atoms with Crippen molar-refractivity contribution >= 4 is 22.3 Å². The van der Waals surface area contributed by atoms with Gasteiger partial charge in [-0.25, -0.2) is 9.52 Å². The Hall–Kier alpha value is -2.13. The number of ether oxygens (including phenoxy) is 1. The summed E-state index contributed by atoms with van der Waals surface area (Å²) in [5.41, 5.74) is 0.231. The fraction of sp³-hybridized carbons (Fsp3) is 0.273. The van der Waals surface area contributed by atoms with Gasteiger partial charge in [-0.15, -0.1) is 0 Å². The summed E-state index contributed by atoms with van der Waals surface area (Å²) in [5, 5.41) is 9.06. The lowest BCUT2D eigenvalue weighted by Gasteiger charge is -2.15. The highest BCUT2D eigenvalue weighted by molar-refractivity contribution is 7.88. The first-order valence-electron chi connectivity index (χ1n) is 5.60. The Balaban J connectivity index is 2.86. The maximum atomic E-state index is 11.6. The molecule has 0 radical (unpaired) electrons. The third kappa shape index (κ3) is 4.86. The minimum Gasteiger partial charge on any atom is -0.480 e. The molecule has 0 aliphatic heterocycles. The van der Waals surface area contributed by atoms with Crippen molar-refractivity contribution in [1.82, 2.24) is 9.44 Å². The smallest absolute Gasteiger partial charge is 0.421 e. The topological polar surface area (TPSA) is 122 Å². The van der Waals surface area contributed by atoms with Crippen LogP contribution in [0.2, 0.25) is 0 Å². The van der Waals surface area contributed by atoms with Crippen LogP contribution < -0.4 is 9.44 Å². The van der Waals surface area contributed by atoms with Crippen molar-refractivity contribution in [2.75, 3.05) is 6.61 Å². The number of hydrogen-bond acceptors (Lipinski definition) is 5. The van der Waals surface area contributed by atoms with Crippen LogP contribution in [0.15, 0.2) is 30.3 Å². The van der Waals surface area contributed by atoms with Crippen molar-refractivity contribution in [3.8, 4) is 0 Å². The van der Waals surface area contributed by atoms with E-state index in [0.717, 1.165) is 0 Å². The van der Waals surface area contributed by atoms with Crippen LogP contribution in [0, 0.1) is 0 Å². The summed E-state index contributed by atoms with van der Waals surface area (Å²) >= 11 is 0. The molecule has 20 heavy (non-hydrogen) atoms. The van der Waals surface area contributed by atoms with Crippen molar-refractivity contribution in [1.29, 1.82) is 0 Å². The summed E-state index contributed by atoms with van der Waals surface area (Å²) in [7, 11) is -4.35. The van der Waals surface area contributed by atoms with E-state index in [2.05, 4.69) is 4.74 Å². The summed E-state index contributed by atoms with van der Waals surface area (Å²) in [6, 6.07) is 6.19. The van der Waals surface area contributed by atoms with Gasteiger partial charge in [-0.1, -0.05) is 30.3 Å². The first kappa shape index (κ1) is 15.9. The third-order valence-corrected chi connectivity index (χ3v) is 3.13. The molecule has 9 heteroatoms. The summed E-state index contributed by atoms with van der Waals surface area (Å²) < 4.78 is 31.1. The van der Waals surface area contributed by atoms with Gasteiger partial charge in [0.15, 0.2) is 0 Å². The lowest BCUT2D eigenvalue weighted by molar-refractivity contribution is -0.139. The van der Waals surface area contributed by atoms with E-state index < -0.39 is 28.3 Å². The molecule has 0 saturated heterocycles. The van der Waals surface area contributed by atoms with E-state index >= 15 is 0 Å². The van der Waals surface area contributed by atoms with E-state index in [9.17, 15) is 18.0 Å². The number of carboxylic acid groups (broad SMARTS) is 1. The Labute approximate surface area is 115 Å². The number of rotatable bonds is 6. The molecule has 0 spiro atoms. The Bertz CT molecular complexity index is 572. The second kappa shape index (κ2) is 6.87. The Morgan fingerprint density at radius 2 is 1.90 bits per heavy atom. The van der Waals surface area contributed by atoms with Crippen molar-refractivity contribution in [2.45, 2.75) is 13.0 Å². The first-order valence-corrected chi connectivity index (χ1v) is 7.08. The number of carbonyl (C=O) groups is 2. The van der Waals surface area contributed by atoms with Gasteiger partial charge in [0.2, 0.25) is 0 Å². The number of benzene rings is 1. The van der Waals surface area contributed by atoms with E-state index in [4.69, 9.17) is 5.11 Å². The molecule has 1 aromatic carbocycles. The van der Waals surface area contributed by atoms with Gasteiger partial charge < -0.3 is 9.84 Å². The number of amides is 1. The van der Waals surface area contributed by atoms with Crippen molar-refractivity contribution in [3.63, 3.8) is 0 Å². The molecule has 0 aliphatic carbocycles. The van der Waals surface area contributed by atoms with Gasteiger partial charge in [-0.3, -0.25) is 4.79 Å². The quantitative estimate of drug-likeness (QED) is 0.699. The number of nitrogens with one attached hydrogen (secondary N) is 2. The number of hydrogen-bond donors (Lipinski definition) is 3. The van der Waals surface area contributed by atoms with Crippen LogP contribution in [0.1, 0.15) is 18.5 Å². The fourth-order valence-corrected chi connectivity index (χ4v) is 2.25. The molecule has 1 amide bonds. The molecule has 0 fully saturated rings. The standard InChI is InChI=1S/C11H14N2O6S/c1-2-19-11(16)13-20(17,18)12-9(10(14)15)8-6-4-3-5-7-8/h3-7,9,12H,2H2,1H3,(H,13,16)(H,14,15)/t9-/m1/s1. The normalized spacial score (nSPS) is 12.4. The molecule has 0 aromatic heterocycles. The van der Waals surface area contributed by atoms with Crippen molar-refractivity contribution in [3.05, 3.63) is 35.9 Å². The van der Waals surface area contributed by atoms with Gasteiger partial charge in [-0.05, 0) is 12.5 Å². The monoisotopic (exact) mass is 302 g/mol. The SMILES string of the molecule is CCOC(=O)NS(=O)(=O)N[C@@H](C(=O)O)c1ccccc1. The molecule has 0 aliphatic rings. The molecule has 3 N–H and O–H groups in total. The fourth-order valence-electron chi connectivity index (χ4n) is 1.36. The van der Waals surface area contributed by atoms with Crippen LogP contribution in [-0.2, 0) is 19.7 Å². The molecule has 1 rings (SSSR count). The second-order valence-electron chi connectivity index (χ2n) is 3.63. The molecular formula is C11H14N2O6S. The molecule has 0 saturated carbocycles. The molecule has 1 aromatic rings. The first-order chi connectivity index (χ1) is 9.35. The zero-order chi connectivity index (χ0) is 15.2. The molecular weight excluding hydrogens is 288 g/mol. The molecule has 0 heterocycles. The van der Waals surface area contributed by atoms with E-state index in [1.54, 1.807) is 22.9 Å². The largest absolute Gasteiger partial charge is 0.480 e. The van der Waals surface area contributed by atoms with Gasteiger partial charge >= 0.3 is 22.3 Å².